The van der Waals surface area contributed by atoms with Crippen LogP contribution in [0.2, 0.25) is 0 Å². The molecule has 0 spiro atoms. The maximum absolute atomic E-state index is 11.6. The number of carbonyl (C=O) groups is 1. The Kier molecular flexibility index (Phi) is 4.31. The normalized spacial score (nSPS) is 10.2. The highest BCUT2D eigenvalue weighted by atomic mass is 16.5. The summed E-state index contributed by atoms with van der Waals surface area (Å²) in [4.78, 5) is 11.6. The van der Waals surface area contributed by atoms with Crippen LogP contribution in [0, 0.1) is 13.8 Å². The molecule has 0 heterocycles. The van der Waals surface area contributed by atoms with Gasteiger partial charge in [0, 0.05) is 18.7 Å². The molecule has 0 unspecified atom stereocenters. The molecule has 0 aromatic heterocycles. The van der Waals surface area contributed by atoms with Crippen molar-refractivity contribution in [2.24, 2.45) is 0 Å². The van der Waals surface area contributed by atoms with E-state index in [2.05, 4.69) is 0 Å². The number of hydrogen-bond donors (Lipinski definition) is 2. The zero-order valence-electron chi connectivity index (χ0n) is 9.62. The number of nitrogen functional groups attached to an aromatic ring is 1. The zero-order chi connectivity index (χ0) is 12.1. The largest absolute Gasteiger partial charge is 0.462 e. The molecule has 0 amide bonds. The predicted molar refractivity (Wildman–Crippen MR) is 62.3 cm³/mol. The van der Waals surface area contributed by atoms with Crippen molar-refractivity contribution >= 4 is 11.7 Å². The fourth-order valence-corrected chi connectivity index (χ4v) is 1.40. The third-order valence-electron chi connectivity index (χ3n) is 2.37. The maximum atomic E-state index is 11.6. The number of nitrogens with two attached hydrogens (primary N) is 1. The van der Waals surface area contributed by atoms with Crippen molar-refractivity contribution in [1.82, 2.24) is 0 Å². The Bertz CT molecular complexity index is 388. The molecular formula is C12H17NO3. The zero-order valence-corrected chi connectivity index (χ0v) is 9.62. The number of aliphatic hydroxyl groups excluding tert-OH is 1. The molecule has 0 saturated heterocycles. The van der Waals surface area contributed by atoms with E-state index in [4.69, 9.17) is 15.6 Å². The molecule has 0 aliphatic rings. The Morgan fingerprint density at radius 2 is 2.06 bits per heavy atom. The van der Waals surface area contributed by atoms with Crippen molar-refractivity contribution in [1.29, 1.82) is 0 Å². The molecule has 4 heteroatoms. The van der Waals surface area contributed by atoms with E-state index in [0.29, 0.717) is 17.7 Å². The smallest absolute Gasteiger partial charge is 0.338 e. The average molecular weight is 223 g/mol. The summed E-state index contributed by atoms with van der Waals surface area (Å²) in [5, 5.41) is 8.57. The number of carbonyl (C=O) groups excluding carboxylic acids is 1. The number of rotatable bonds is 4. The van der Waals surface area contributed by atoms with Crippen LogP contribution < -0.4 is 5.73 Å². The van der Waals surface area contributed by atoms with Crippen molar-refractivity contribution in [2.75, 3.05) is 18.9 Å². The maximum Gasteiger partial charge on any atom is 0.338 e. The second-order valence-electron chi connectivity index (χ2n) is 3.74. The quantitative estimate of drug-likeness (QED) is 0.460. The summed E-state index contributed by atoms with van der Waals surface area (Å²) in [6, 6.07) is 3.49. The molecule has 0 bridgehead atoms. The fourth-order valence-electron chi connectivity index (χ4n) is 1.40. The molecule has 0 radical (unpaired) electrons. The van der Waals surface area contributed by atoms with Gasteiger partial charge in [-0.05, 0) is 31.0 Å². The molecule has 0 fully saturated rings. The lowest BCUT2D eigenvalue weighted by Gasteiger charge is -2.09. The van der Waals surface area contributed by atoms with Gasteiger partial charge in [-0.25, -0.2) is 4.79 Å². The van der Waals surface area contributed by atoms with Gasteiger partial charge in [-0.2, -0.15) is 0 Å². The molecule has 4 nitrogen and oxygen atoms in total. The van der Waals surface area contributed by atoms with Crippen LogP contribution in [-0.2, 0) is 4.74 Å². The van der Waals surface area contributed by atoms with Crippen molar-refractivity contribution in [2.45, 2.75) is 20.3 Å². The Morgan fingerprint density at radius 1 is 1.38 bits per heavy atom. The van der Waals surface area contributed by atoms with Crippen LogP contribution in [0.4, 0.5) is 5.69 Å². The molecule has 0 atom stereocenters. The highest BCUT2D eigenvalue weighted by molar-refractivity contribution is 5.92. The van der Waals surface area contributed by atoms with E-state index in [1.807, 2.05) is 19.9 Å². The number of anilines is 1. The highest BCUT2D eigenvalue weighted by Gasteiger charge is 2.11. The minimum Gasteiger partial charge on any atom is -0.462 e. The van der Waals surface area contributed by atoms with Gasteiger partial charge in [-0.15, -0.1) is 0 Å². The highest BCUT2D eigenvalue weighted by Crippen LogP contribution is 2.18. The molecule has 1 aromatic carbocycles. The third kappa shape index (κ3) is 2.97. The third-order valence-corrected chi connectivity index (χ3v) is 2.37. The summed E-state index contributed by atoms with van der Waals surface area (Å²) in [6.07, 6.45) is 0.451. The average Bonchev–Trinajstić information content (AvgIpc) is 2.23. The lowest BCUT2D eigenvalue weighted by Crippen LogP contribution is -2.10. The summed E-state index contributed by atoms with van der Waals surface area (Å²) < 4.78 is 4.99. The second-order valence-corrected chi connectivity index (χ2v) is 3.74. The first-order chi connectivity index (χ1) is 7.56. The number of aliphatic hydroxyl groups is 1. The first-order valence-electron chi connectivity index (χ1n) is 5.21. The molecule has 1 aromatic rings. The number of esters is 1. The molecule has 0 saturated carbocycles. The van der Waals surface area contributed by atoms with Crippen molar-refractivity contribution in [3.63, 3.8) is 0 Å². The number of hydrogen-bond acceptors (Lipinski definition) is 4. The fraction of sp³-hybridized carbons (Fsp3) is 0.417. The van der Waals surface area contributed by atoms with Crippen LogP contribution in [0.5, 0.6) is 0 Å². The van der Waals surface area contributed by atoms with Gasteiger partial charge >= 0.3 is 5.97 Å². The summed E-state index contributed by atoms with van der Waals surface area (Å²) in [5.74, 6) is -0.391. The Balaban J connectivity index is 2.79. The van der Waals surface area contributed by atoms with Gasteiger partial charge in [0.15, 0.2) is 0 Å². The van der Waals surface area contributed by atoms with E-state index in [1.165, 1.54) is 0 Å². The summed E-state index contributed by atoms with van der Waals surface area (Å²) in [6.45, 7) is 3.98. The molecule has 88 valence electrons. The van der Waals surface area contributed by atoms with Crippen LogP contribution in [0.25, 0.3) is 0 Å². The number of aryl methyl sites for hydroxylation is 2. The molecule has 16 heavy (non-hydrogen) atoms. The Labute approximate surface area is 95.0 Å². The van der Waals surface area contributed by atoms with Gasteiger partial charge in [-0.1, -0.05) is 6.07 Å². The first kappa shape index (κ1) is 12.5. The van der Waals surface area contributed by atoms with Crippen LogP contribution in [0.15, 0.2) is 12.1 Å². The monoisotopic (exact) mass is 223 g/mol. The SMILES string of the molecule is Cc1cc(C)c(C(=O)OCCCO)cc1N. The Hall–Kier alpha value is -1.55. The number of benzene rings is 1. The second kappa shape index (κ2) is 5.51. The molecule has 3 N–H and O–H groups in total. The molecular weight excluding hydrogens is 206 g/mol. The summed E-state index contributed by atoms with van der Waals surface area (Å²) in [5.41, 5.74) is 8.60. The van der Waals surface area contributed by atoms with E-state index < -0.39 is 5.97 Å². The van der Waals surface area contributed by atoms with E-state index in [1.54, 1.807) is 6.07 Å². The predicted octanol–water partition coefficient (Wildman–Crippen LogP) is 1.42. The van der Waals surface area contributed by atoms with Crippen LogP contribution in [0.3, 0.4) is 0 Å². The lowest BCUT2D eigenvalue weighted by atomic mass is 10.0. The van der Waals surface area contributed by atoms with Gasteiger partial charge in [0.2, 0.25) is 0 Å². The summed E-state index contributed by atoms with van der Waals surface area (Å²) in [7, 11) is 0. The van der Waals surface area contributed by atoms with Crippen LogP contribution in [-0.4, -0.2) is 24.3 Å². The summed E-state index contributed by atoms with van der Waals surface area (Å²) >= 11 is 0. The van der Waals surface area contributed by atoms with Gasteiger partial charge in [0.05, 0.1) is 12.2 Å². The lowest BCUT2D eigenvalue weighted by molar-refractivity contribution is 0.0481. The van der Waals surface area contributed by atoms with Crippen molar-refractivity contribution < 1.29 is 14.6 Å². The minimum atomic E-state index is -0.391. The molecule has 0 aliphatic heterocycles. The molecule has 0 aliphatic carbocycles. The topological polar surface area (TPSA) is 72.5 Å². The van der Waals surface area contributed by atoms with E-state index >= 15 is 0 Å². The Morgan fingerprint density at radius 3 is 2.69 bits per heavy atom. The minimum absolute atomic E-state index is 0.0162. The number of ether oxygens (including phenoxy) is 1. The first-order valence-corrected chi connectivity index (χ1v) is 5.21. The van der Waals surface area contributed by atoms with Crippen molar-refractivity contribution in [3.8, 4) is 0 Å². The van der Waals surface area contributed by atoms with Gasteiger partial charge < -0.3 is 15.6 Å². The van der Waals surface area contributed by atoms with Crippen LogP contribution >= 0.6 is 0 Å². The van der Waals surface area contributed by atoms with Gasteiger partial charge in [0.1, 0.15) is 0 Å². The standard InChI is InChI=1S/C12H17NO3/c1-8-6-9(2)11(13)7-10(8)12(15)16-5-3-4-14/h6-7,14H,3-5,13H2,1-2H3. The molecule has 1 rings (SSSR count). The van der Waals surface area contributed by atoms with Crippen LogP contribution in [0.1, 0.15) is 27.9 Å². The van der Waals surface area contributed by atoms with E-state index in [0.717, 1.165) is 11.1 Å². The van der Waals surface area contributed by atoms with Gasteiger partial charge in [0.25, 0.3) is 0 Å². The van der Waals surface area contributed by atoms with Gasteiger partial charge in [-0.3, -0.25) is 0 Å². The van der Waals surface area contributed by atoms with Crippen molar-refractivity contribution in [3.05, 3.63) is 28.8 Å². The van der Waals surface area contributed by atoms with E-state index in [9.17, 15) is 4.79 Å². The van der Waals surface area contributed by atoms with E-state index in [-0.39, 0.29) is 13.2 Å².